The van der Waals surface area contributed by atoms with Crippen molar-refractivity contribution >= 4 is 0 Å². The van der Waals surface area contributed by atoms with Gasteiger partial charge in [0.1, 0.15) is 11.9 Å². The lowest BCUT2D eigenvalue weighted by molar-refractivity contribution is 0.161. The Morgan fingerprint density at radius 3 is 2.35 bits per heavy atom. The van der Waals surface area contributed by atoms with Crippen molar-refractivity contribution in [2.24, 2.45) is 5.73 Å². The maximum atomic E-state index is 6.35. The second-order valence-electron chi connectivity index (χ2n) is 5.85. The van der Waals surface area contributed by atoms with Crippen molar-refractivity contribution in [2.45, 2.75) is 39.3 Å². The highest BCUT2D eigenvalue weighted by molar-refractivity contribution is 5.43. The lowest BCUT2D eigenvalue weighted by Gasteiger charge is -2.31. The van der Waals surface area contributed by atoms with Gasteiger partial charge in [0.25, 0.3) is 0 Å². The predicted molar refractivity (Wildman–Crippen MR) is 82.0 cm³/mol. The number of hydrogen-bond donors (Lipinski definition) is 1. The molecule has 2 nitrogen and oxygen atoms in total. The first-order chi connectivity index (χ1) is 9.54. The van der Waals surface area contributed by atoms with Gasteiger partial charge < -0.3 is 10.5 Å². The number of hydrogen-bond acceptors (Lipinski definition) is 2. The summed E-state index contributed by atoms with van der Waals surface area (Å²) in [6, 6.07) is 12.8. The van der Waals surface area contributed by atoms with Crippen molar-refractivity contribution in [3.63, 3.8) is 0 Å². The van der Waals surface area contributed by atoms with Crippen LogP contribution in [0.4, 0.5) is 0 Å². The fourth-order valence-corrected chi connectivity index (χ4v) is 2.92. The van der Waals surface area contributed by atoms with Crippen LogP contribution in [0.1, 0.15) is 46.4 Å². The largest absolute Gasteiger partial charge is 0.485 e. The molecule has 0 saturated heterocycles. The summed E-state index contributed by atoms with van der Waals surface area (Å²) in [6.45, 7) is 6.33. The summed E-state index contributed by atoms with van der Waals surface area (Å²) in [6.07, 6.45) is 0.890. The van der Waals surface area contributed by atoms with E-state index in [0.29, 0.717) is 0 Å². The number of ether oxygens (including phenoxy) is 1. The average Bonchev–Trinajstić information content (AvgIpc) is 2.42. The molecule has 104 valence electrons. The van der Waals surface area contributed by atoms with Gasteiger partial charge in [-0.15, -0.1) is 0 Å². The number of fused-ring (bicyclic) bond motifs is 1. The maximum Gasteiger partial charge on any atom is 0.126 e. The summed E-state index contributed by atoms with van der Waals surface area (Å²) in [7, 11) is 0. The van der Waals surface area contributed by atoms with Gasteiger partial charge in [-0.1, -0.05) is 41.5 Å². The maximum absolute atomic E-state index is 6.35. The van der Waals surface area contributed by atoms with Crippen LogP contribution in [0.5, 0.6) is 5.75 Å². The zero-order chi connectivity index (χ0) is 14.3. The van der Waals surface area contributed by atoms with Crippen molar-refractivity contribution in [1.29, 1.82) is 0 Å². The van der Waals surface area contributed by atoms with E-state index in [4.69, 9.17) is 10.5 Å². The van der Waals surface area contributed by atoms with Gasteiger partial charge >= 0.3 is 0 Å². The van der Waals surface area contributed by atoms with E-state index in [-0.39, 0.29) is 12.1 Å². The molecule has 0 saturated carbocycles. The van der Waals surface area contributed by atoms with Crippen LogP contribution in [-0.4, -0.2) is 0 Å². The normalized spacial score (nSPS) is 21.2. The third-order valence-corrected chi connectivity index (χ3v) is 4.08. The minimum atomic E-state index is 0.0450. The minimum Gasteiger partial charge on any atom is -0.485 e. The summed E-state index contributed by atoms with van der Waals surface area (Å²) < 4.78 is 6.20. The van der Waals surface area contributed by atoms with Gasteiger partial charge in [-0.25, -0.2) is 0 Å². The molecule has 2 N–H and O–H groups in total. The molecule has 2 atom stereocenters. The third kappa shape index (κ3) is 2.32. The van der Waals surface area contributed by atoms with Crippen LogP contribution < -0.4 is 10.5 Å². The number of nitrogens with two attached hydrogens (primary N) is 1. The molecule has 2 heteroatoms. The first-order valence-electron chi connectivity index (χ1n) is 7.14. The Hall–Kier alpha value is -1.80. The molecule has 0 bridgehead atoms. The number of rotatable bonds is 1. The van der Waals surface area contributed by atoms with Gasteiger partial charge in [-0.05, 0) is 38.0 Å². The number of aryl methyl sites for hydroxylation is 3. The molecule has 1 aliphatic heterocycles. The molecule has 0 amide bonds. The first kappa shape index (κ1) is 13.2. The van der Waals surface area contributed by atoms with E-state index in [9.17, 15) is 0 Å². The zero-order valence-electron chi connectivity index (χ0n) is 12.3. The third-order valence-electron chi connectivity index (χ3n) is 4.08. The molecule has 0 spiro atoms. The second kappa shape index (κ2) is 4.95. The van der Waals surface area contributed by atoms with Crippen molar-refractivity contribution in [2.75, 3.05) is 0 Å². The molecule has 2 aromatic rings. The van der Waals surface area contributed by atoms with E-state index in [2.05, 4.69) is 51.1 Å². The van der Waals surface area contributed by atoms with Gasteiger partial charge in [0.15, 0.2) is 0 Å². The van der Waals surface area contributed by atoms with Crippen LogP contribution in [0.15, 0.2) is 36.4 Å². The predicted octanol–water partition coefficient (Wildman–Crippen LogP) is 4.14. The molecule has 20 heavy (non-hydrogen) atoms. The van der Waals surface area contributed by atoms with Crippen LogP contribution in [0.2, 0.25) is 0 Å². The minimum absolute atomic E-state index is 0.0450. The molecule has 0 radical (unpaired) electrons. The van der Waals surface area contributed by atoms with Gasteiger partial charge in [0.2, 0.25) is 0 Å². The van der Waals surface area contributed by atoms with E-state index in [0.717, 1.165) is 17.7 Å². The Morgan fingerprint density at radius 2 is 1.60 bits per heavy atom. The van der Waals surface area contributed by atoms with Crippen LogP contribution in [0.25, 0.3) is 0 Å². The Bertz CT molecular complexity index is 648. The fourth-order valence-electron chi connectivity index (χ4n) is 2.92. The molecule has 2 aromatic carbocycles. The van der Waals surface area contributed by atoms with E-state index in [1.807, 2.05) is 6.07 Å². The fraction of sp³-hybridized carbons (Fsp3) is 0.333. The molecule has 1 heterocycles. The number of benzene rings is 2. The van der Waals surface area contributed by atoms with Crippen LogP contribution >= 0.6 is 0 Å². The molecule has 0 fully saturated rings. The topological polar surface area (TPSA) is 35.2 Å². The highest BCUT2D eigenvalue weighted by Gasteiger charge is 2.27. The lowest BCUT2D eigenvalue weighted by atomic mass is 9.90. The SMILES string of the molecule is Cc1ccc(C)c(C2C[C@H](N)c3cc(C)ccc3O2)c1. The molecule has 0 aliphatic carbocycles. The Balaban J connectivity index is 1.99. The molecule has 1 unspecified atom stereocenters. The second-order valence-corrected chi connectivity index (χ2v) is 5.85. The summed E-state index contributed by atoms with van der Waals surface area (Å²) in [5.41, 5.74) is 12.5. The van der Waals surface area contributed by atoms with Crippen LogP contribution in [0.3, 0.4) is 0 Å². The first-order valence-corrected chi connectivity index (χ1v) is 7.14. The quantitative estimate of drug-likeness (QED) is 0.843. The van der Waals surface area contributed by atoms with E-state index in [1.165, 1.54) is 22.3 Å². The Kier molecular flexibility index (Phi) is 3.27. The molecule has 0 aromatic heterocycles. The average molecular weight is 267 g/mol. The summed E-state index contributed by atoms with van der Waals surface area (Å²) >= 11 is 0. The van der Waals surface area contributed by atoms with Crippen LogP contribution in [-0.2, 0) is 0 Å². The molecule has 1 aliphatic rings. The summed E-state index contributed by atoms with van der Waals surface area (Å²) in [5, 5.41) is 0. The standard InChI is InChI=1S/C18H21NO/c1-11-4-6-13(3)14(8-11)18-10-16(19)15-9-12(2)5-7-17(15)20-18/h4-9,16,18H,10,19H2,1-3H3/t16-,18?/m0/s1. The van der Waals surface area contributed by atoms with Crippen molar-refractivity contribution in [3.8, 4) is 5.75 Å². The molecule has 3 rings (SSSR count). The monoisotopic (exact) mass is 267 g/mol. The van der Waals surface area contributed by atoms with Crippen LogP contribution in [0, 0.1) is 20.8 Å². The van der Waals surface area contributed by atoms with E-state index >= 15 is 0 Å². The smallest absolute Gasteiger partial charge is 0.126 e. The van der Waals surface area contributed by atoms with Crippen molar-refractivity contribution in [3.05, 3.63) is 64.2 Å². The van der Waals surface area contributed by atoms with Gasteiger partial charge in [-0.3, -0.25) is 0 Å². The summed E-state index contributed by atoms with van der Waals surface area (Å²) in [5.74, 6) is 0.931. The highest BCUT2D eigenvalue weighted by Crippen LogP contribution is 2.40. The van der Waals surface area contributed by atoms with Crippen molar-refractivity contribution in [1.82, 2.24) is 0 Å². The van der Waals surface area contributed by atoms with Gasteiger partial charge in [0.05, 0.1) is 0 Å². The molecular weight excluding hydrogens is 246 g/mol. The van der Waals surface area contributed by atoms with E-state index in [1.54, 1.807) is 0 Å². The highest BCUT2D eigenvalue weighted by atomic mass is 16.5. The summed E-state index contributed by atoms with van der Waals surface area (Å²) in [4.78, 5) is 0. The van der Waals surface area contributed by atoms with Gasteiger partial charge in [0, 0.05) is 18.0 Å². The van der Waals surface area contributed by atoms with Gasteiger partial charge in [-0.2, -0.15) is 0 Å². The molecular formula is C18H21NO. The Labute approximate surface area is 120 Å². The zero-order valence-corrected chi connectivity index (χ0v) is 12.3. The Morgan fingerprint density at radius 1 is 0.950 bits per heavy atom. The van der Waals surface area contributed by atoms with E-state index < -0.39 is 0 Å². The van der Waals surface area contributed by atoms with Crippen molar-refractivity contribution < 1.29 is 4.74 Å². The lowest BCUT2D eigenvalue weighted by Crippen LogP contribution is -2.24.